The number of amides is 1. The van der Waals surface area contributed by atoms with E-state index >= 15 is 0 Å². The first-order chi connectivity index (χ1) is 9.00. The van der Waals surface area contributed by atoms with Crippen LogP contribution in [0, 0.1) is 0 Å². The van der Waals surface area contributed by atoms with Crippen molar-refractivity contribution in [2.24, 2.45) is 0 Å². The van der Waals surface area contributed by atoms with Crippen LogP contribution in [0.15, 0.2) is 24.4 Å². The van der Waals surface area contributed by atoms with Gasteiger partial charge in [-0.25, -0.2) is 14.8 Å². The standard InChI is InChI=1S/C13H15N3O3/c1-8(2)11-14-6-5-9(15-11)12(17)16-7-3-4-10(16)13(18)19/h3-6,8,10H,7H2,1-2H3,(H,18,19)/t10-/m1/s1. The first-order valence-electron chi connectivity index (χ1n) is 6.04. The lowest BCUT2D eigenvalue weighted by Crippen LogP contribution is -2.41. The summed E-state index contributed by atoms with van der Waals surface area (Å²) in [6, 6.07) is 0.593. The Bertz CT molecular complexity index is 540. The summed E-state index contributed by atoms with van der Waals surface area (Å²) >= 11 is 0. The largest absolute Gasteiger partial charge is 0.479 e. The number of carbonyl (C=O) groups is 2. The second kappa shape index (κ2) is 5.17. The van der Waals surface area contributed by atoms with Gasteiger partial charge in [0.15, 0.2) is 0 Å². The molecule has 0 aromatic carbocycles. The van der Waals surface area contributed by atoms with Crippen LogP contribution >= 0.6 is 0 Å². The van der Waals surface area contributed by atoms with E-state index in [1.54, 1.807) is 6.08 Å². The minimum atomic E-state index is -1.04. The molecule has 1 aliphatic rings. The molecule has 0 unspecified atom stereocenters. The van der Waals surface area contributed by atoms with Gasteiger partial charge in [-0.15, -0.1) is 0 Å². The maximum absolute atomic E-state index is 12.3. The molecule has 0 fully saturated rings. The zero-order chi connectivity index (χ0) is 14.0. The number of carboxylic acid groups (broad SMARTS) is 1. The lowest BCUT2D eigenvalue weighted by molar-refractivity contribution is -0.140. The van der Waals surface area contributed by atoms with E-state index in [0.29, 0.717) is 5.82 Å². The van der Waals surface area contributed by atoms with Crippen LogP contribution in [0.25, 0.3) is 0 Å². The van der Waals surface area contributed by atoms with Crippen LogP contribution in [-0.2, 0) is 4.79 Å². The van der Waals surface area contributed by atoms with Crippen molar-refractivity contribution in [2.75, 3.05) is 6.54 Å². The van der Waals surface area contributed by atoms with Crippen LogP contribution in [0.4, 0.5) is 0 Å². The molecule has 1 aliphatic heterocycles. The highest BCUT2D eigenvalue weighted by Gasteiger charge is 2.31. The van der Waals surface area contributed by atoms with Crippen molar-refractivity contribution in [1.29, 1.82) is 0 Å². The molecule has 1 aromatic rings. The van der Waals surface area contributed by atoms with E-state index in [1.807, 2.05) is 13.8 Å². The first-order valence-corrected chi connectivity index (χ1v) is 6.04. The predicted octanol–water partition coefficient (Wildman–Crippen LogP) is 1.07. The molecule has 0 aliphatic carbocycles. The van der Waals surface area contributed by atoms with Crippen molar-refractivity contribution in [3.05, 3.63) is 35.9 Å². The van der Waals surface area contributed by atoms with Crippen LogP contribution < -0.4 is 0 Å². The molecule has 6 heteroatoms. The summed E-state index contributed by atoms with van der Waals surface area (Å²) in [4.78, 5) is 32.9. The van der Waals surface area contributed by atoms with E-state index < -0.39 is 12.0 Å². The molecule has 6 nitrogen and oxygen atoms in total. The Kier molecular flexibility index (Phi) is 3.59. The zero-order valence-electron chi connectivity index (χ0n) is 10.8. The van der Waals surface area contributed by atoms with E-state index in [2.05, 4.69) is 9.97 Å². The molecule has 0 spiro atoms. The third-order valence-electron chi connectivity index (χ3n) is 2.88. The summed E-state index contributed by atoms with van der Waals surface area (Å²) < 4.78 is 0. The number of rotatable bonds is 3. The fraction of sp³-hybridized carbons (Fsp3) is 0.385. The van der Waals surface area contributed by atoms with Gasteiger partial charge >= 0.3 is 5.97 Å². The number of aliphatic carboxylic acids is 1. The van der Waals surface area contributed by atoms with Crippen LogP contribution in [0.5, 0.6) is 0 Å². The van der Waals surface area contributed by atoms with Gasteiger partial charge < -0.3 is 10.0 Å². The molecule has 1 N–H and O–H groups in total. The second-order valence-electron chi connectivity index (χ2n) is 4.62. The Morgan fingerprint density at radius 1 is 1.47 bits per heavy atom. The van der Waals surface area contributed by atoms with Crippen molar-refractivity contribution in [1.82, 2.24) is 14.9 Å². The van der Waals surface area contributed by atoms with Crippen molar-refractivity contribution in [3.8, 4) is 0 Å². The summed E-state index contributed by atoms with van der Waals surface area (Å²) in [5, 5.41) is 9.04. The van der Waals surface area contributed by atoms with E-state index in [0.717, 1.165) is 0 Å². The van der Waals surface area contributed by atoms with Crippen LogP contribution in [0.3, 0.4) is 0 Å². The number of hydrogen-bond acceptors (Lipinski definition) is 4. The topological polar surface area (TPSA) is 83.4 Å². The normalized spacial score (nSPS) is 18.1. The fourth-order valence-corrected chi connectivity index (χ4v) is 1.86. The van der Waals surface area contributed by atoms with Gasteiger partial charge in [-0.3, -0.25) is 4.79 Å². The van der Waals surface area contributed by atoms with Gasteiger partial charge in [0.2, 0.25) is 0 Å². The van der Waals surface area contributed by atoms with E-state index in [1.165, 1.54) is 23.2 Å². The molecule has 1 amide bonds. The van der Waals surface area contributed by atoms with Gasteiger partial charge in [0, 0.05) is 18.7 Å². The summed E-state index contributed by atoms with van der Waals surface area (Å²) in [6.07, 6.45) is 4.70. The third kappa shape index (κ3) is 2.62. The smallest absolute Gasteiger partial charge is 0.330 e. The van der Waals surface area contributed by atoms with Crippen molar-refractivity contribution >= 4 is 11.9 Å². The summed E-state index contributed by atoms with van der Waals surface area (Å²) in [5.74, 6) is -0.744. The Labute approximate surface area is 110 Å². The molecule has 0 bridgehead atoms. The van der Waals surface area contributed by atoms with Gasteiger partial charge in [0.1, 0.15) is 17.6 Å². The van der Waals surface area contributed by atoms with Crippen LogP contribution in [-0.4, -0.2) is 44.4 Å². The molecule has 0 radical (unpaired) electrons. The highest BCUT2D eigenvalue weighted by Crippen LogP contribution is 2.15. The molecule has 1 aromatic heterocycles. The molecule has 19 heavy (non-hydrogen) atoms. The Hall–Kier alpha value is -2.24. The average molecular weight is 261 g/mol. The van der Waals surface area contributed by atoms with Crippen molar-refractivity contribution < 1.29 is 14.7 Å². The monoisotopic (exact) mass is 261 g/mol. The van der Waals surface area contributed by atoms with Crippen LogP contribution in [0.2, 0.25) is 0 Å². The first kappa shape index (κ1) is 13.2. The minimum absolute atomic E-state index is 0.111. The Morgan fingerprint density at radius 3 is 2.84 bits per heavy atom. The number of aromatic nitrogens is 2. The molecular formula is C13H15N3O3. The summed E-state index contributed by atoms with van der Waals surface area (Å²) in [7, 11) is 0. The van der Waals surface area contributed by atoms with Crippen LogP contribution in [0.1, 0.15) is 36.1 Å². The van der Waals surface area contributed by atoms with E-state index in [4.69, 9.17) is 5.11 Å². The van der Waals surface area contributed by atoms with E-state index in [-0.39, 0.29) is 24.1 Å². The lowest BCUT2D eigenvalue weighted by Gasteiger charge is -2.21. The molecule has 1 atom stereocenters. The molecular weight excluding hydrogens is 246 g/mol. The van der Waals surface area contributed by atoms with Gasteiger partial charge in [-0.1, -0.05) is 26.0 Å². The maximum atomic E-state index is 12.3. The van der Waals surface area contributed by atoms with Crippen molar-refractivity contribution in [3.63, 3.8) is 0 Å². The molecule has 0 saturated heterocycles. The molecule has 100 valence electrons. The van der Waals surface area contributed by atoms with Gasteiger partial charge in [0.25, 0.3) is 5.91 Å². The maximum Gasteiger partial charge on any atom is 0.330 e. The highest BCUT2D eigenvalue weighted by molar-refractivity contribution is 5.96. The summed E-state index contributed by atoms with van der Waals surface area (Å²) in [6.45, 7) is 4.15. The van der Waals surface area contributed by atoms with Gasteiger partial charge in [-0.2, -0.15) is 0 Å². The van der Waals surface area contributed by atoms with Gasteiger partial charge in [-0.05, 0) is 6.07 Å². The number of carbonyl (C=O) groups excluding carboxylic acids is 1. The number of nitrogens with zero attached hydrogens (tertiary/aromatic N) is 3. The summed E-state index contributed by atoms with van der Waals surface area (Å²) in [5.41, 5.74) is 0.230. The SMILES string of the molecule is CC(C)c1nccc(C(=O)N2CC=C[C@@H]2C(=O)O)n1. The highest BCUT2D eigenvalue weighted by atomic mass is 16.4. The number of carboxylic acids is 1. The second-order valence-corrected chi connectivity index (χ2v) is 4.62. The van der Waals surface area contributed by atoms with E-state index in [9.17, 15) is 9.59 Å². The average Bonchev–Trinajstić information content (AvgIpc) is 2.87. The molecule has 2 rings (SSSR count). The minimum Gasteiger partial charge on any atom is -0.479 e. The van der Waals surface area contributed by atoms with Crippen molar-refractivity contribution in [2.45, 2.75) is 25.8 Å². The quantitative estimate of drug-likeness (QED) is 0.823. The molecule has 2 heterocycles. The lowest BCUT2D eigenvalue weighted by atomic mass is 10.2. The van der Waals surface area contributed by atoms with Gasteiger partial charge in [0.05, 0.1) is 0 Å². The fourth-order valence-electron chi connectivity index (χ4n) is 1.86. The Balaban J connectivity index is 2.25. The zero-order valence-corrected chi connectivity index (χ0v) is 10.8. The predicted molar refractivity (Wildman–Crippen MR) is 67.7 cm³/mol. The third-order valence-corrected chi connectivity index (χ3v) is 2.88. The number of hydrogen-bond donors (Lipinski definition) is 1. The Morgan fingerprint density at radius 2 is 2.21 bits per heavy atom. The molecule has 0 saturated carbocycles.